The standard InChI is InChI=1S/C21H38S/c1-5-9-11-12-14-18-21(7-3,8-4)20-17-16-19(22-20)15-13-10-6-2/h16-17H,5-15,18H2,1-4H3. The molecule has 128 valence electrons. The summed E-state index contributed by atoms with van der Waals surface area (Å²) in [7, 11) is 0. The summed E-state index contributed by atoms with van der Waals surface area (Å²) >= 11 is 2.11. The minimum atomic E-state index is 0.458. The van der Waals surface area contributed by atoms with E-state index in [4.69, 9.17) is 0 Å². The van der Waals surface area contributed by atoms with Crippen molar-refractivity contribution in [3.63, 3.8) is 0 Å². The molecule has 0 fully saturated rings. The molecule has 0 saturated heterocycles. The first-order valence-electron chi connectivity index (χ1n) is 9.81. The van der Waals surface area contributed by atoms with Gasteiger partial charge in [-0.25, -0.2) is 0 Å². The van der Waals surface area contributed by atoms with Crippen molar-refractivity contribution >= 4 is 11.3 Å². The van der Waals surface area contributed by atoms with E-state index in [0.717, 1.165) is 0 Å². The molecule has 0 atom stereocenters. The zero-order chi connectivity index (χ0) is 16.3. The first kappa shape index (κ1) is 19.7. The third-order valence-electron chi connectivity index (χ3n) is 5.32. The Labute approximate surface area is 143 Å². The van der Waals surface area contributed by atoms with Crippen molar-refractivity contribution in [1.82, 2.24) is 0 Å². The van der Waals surface area contributed by atoms with Gasteiger partial charge in [-0.1, -0.05) is 72.6 Å². The Morgan fingerprint density at radius 3 is 2.05 bits per heavy atom. The van der Waals surface area contributed by atoms with Gasteiger partial charge in [-0.05, 0) is 44.2 Å². The van der Waals surface area contributed by atoms with E-state index in [2.05, 4.69) is 51.2 Å². The molecule has 0 aromatic carbocycles. The summed E-state index contributed by atoms with van der Waals surface area (Å²) in [5.74, 6) is 0. The van der Waals surface area contributed by atoms with E-state index in [9.17, 15) is 0 Å². The zero-order valence-corrected chi connectivity index (χ0v) is 16.4. The Kier molecular flexibility index (Phi) is 10.1. The minimum absolute atomic E-state index is 0.458. The average Bonchev–Trinajstić information content (AvgIpc) is 3.01. The summed E-state index contributed by atoms with van der Waals surface area (Å²) in [6.45, 7) is 9.38. The quantitative estimate of drug-likeness (QED) is 0.324. The smallest absolute Gasteiger partial charge is 0.0110 e. The Morgan fingerprint density at radius 1 is 0.773 bits per heavy atom. The van der Waals surface area contributed by atoms with Gasteiger partial charge in [-0.2, -0.15) is 0 Å². The summed E-state index contributed by atoms with van der Waals surface area (Å²) in [4.78, 5) is 3.28. The van der Waals surface area contributed by atoms with Crippen LogP contribution in [0.5, 0.6) is 0 Å². The maximum absolute atomic E-state index is 2.45. The first-order chi connectivity index (χ1) is 10.7. The molecule has 1 heterocycles. The van der Waals surface area contributed by atoms with Crippen molar-refractivity contribution in [2.75, 3.05) is 0 Å². The van der Waals surface area contributed by atoms with Crippen LogP contribution < -0.4 is 0 Å². The third kappa shape index (κ3) is 6.07. The number of rotatable bonds is 13. The molecule has 0 aliphatic heterocycles. The highest BCUT2D eigenvalue weighted by Crippen LogP contribution is 2.41. The van der Waals surface area contributed by atoms with Crippen LogP contribution in [0, 0.1) is 0 Å². The number of thiophene rings is 1. The van der Waals surface area contributed by atoms with Gasteiger partial charge in [-0.3, -0.25) is 0 Å². The van der Waals surface area contributed by atoms with E-state index in [1.165, 1.54) is 77.0 Å². The van der Waals surface area contributed by atoms with E-state index in [1.54, 1.807) is 9.75 Å². The molecule has 1 aromatic heterocycles. The van der Waals surface area contributed by atoms with E-state index >= 15 is 0 Å². The van der Waals surface area contributed by atoms with Crippen molar-refractivity contribution in [1.29, 1.82) is 0 Å². The van der Waals surface area contributed by atoms with Gasteiger partial charge in [0.1, 0.15) is 0 Å². The molecule has 0 unspecified atom stereocenters. The molecular formula is C21H38S. The molecule has 1 aromatic rings. The van der Waals surface area contributed by atoms with Crippen LogP contribution in [0.2, 0.25) is 0 Å². The van der Waals surface area contributed by atoms with Crippen molar-refractivity contribution in [2.24, 2.45) is 0 Å². The molecular weight excluding hydrogens is 284 g/mol. The van der Waals surface area contributed by atoms with Crippen molar-refractivity contribution in [3.05, 3.63) is 21.9 Å². The summed E-state index contributed by atoms with van der Waals surface area (Å²) in [6, 6.07) is 4.86. The normalized spacial score (nSPS) is 12.0. The molecule has 0 aliphatic carbocycles. The lowest BCUT2D eigenvalue weighted by Gasteiger charge is -2.31. The van der Waals surface area contributed by atoms with Gasteiger partial charge in [0, 0.05) is 15.2 Å². The third-order valence-corrected chi connectivity index (χ3v) is 6.71. The molecule has 0 nitrogen and oxygen atoms in total. The predicted molar refractivity (Wildman–Crippen MR) is 103 cm³/mol. The molecule has 0 radical (unpaired) electrons. The second kappa shape index (κ2) is 11.3. The van der Waals surface area contributed by atoms with Crippen LogP contribution in [-0.4, -0.2) is 0 Å². The Hall–Kier alpha value is -0.300. The molecule has 0 spiro atoms. The lowest BCUT2D eigenvalue weighted by molar-refractivity contribution is 0.355. The SMILES string of the molecule is CCCCCCCC(CC)(CC)c1ccc(CCCCC)s1. The molecule has 1 heteroatoms. The fraction of sp³-hybridized carbons (Fsp3) is 0.810. The van der Waals surface area contributed by atoms with Crippen molar-refractivity contribution in [2.45, 2.75) is 110 Å². The lowest BCUT2D eigenvalue weighted by atomic mass is 9.76. The Balaban J connectivity index is 2.60. The van der Waals surface area contributed by atoms with Crippen LogP contribution in [-0.2, 0) is 11.8 Å². The van der Waals surface area contributed by atoms with Gasteiger partial charge in [0.05, 0.1) is 0 Å². The largest absolute Gasteiger partial charge is 0.145 e. The molecule has 0 amide bonds. The van der Waals surface area contributed by atoms with Crippen LogP contribution in [0.25, 0.3) is 0 Å². The second-order valence-corrected chi connectivity index (χ2v) is 8.04. The Morgan fingerprint density at radius 2 is 1.41 bits per heavy atom. The minimum Gasteiger partial charge on any atom is -0.145 e. The summed E-state index contributed by atoms with van der Waals surface area (Å²) in [5.41, 5.74) is 0.458. The highest BCUT2D eigenvalue weighted by atomic mass is 32.1. The molecule has 0 aliphatic rings. The average molecular weight is 323 g/mol. The van der Waals surface area contributed by atoms with Gasteiger partial charge in [0.2, 0.25) is 0 Å². The van der Waals surface area contributed by atoms with Gasteiger partial charge in [-0.15, -0.1) is 11.3 Å². The van der Waals surface area contributed by atoms with Gasteiger partial charge in [0.25, 0.3) is 0 Å². The maximum Gasteiger partial charge on any atom is 0.0110 e. The lowest BCUT2D eigenvalue weighted by Crippen LogP contribution is -2.23. The number of hydrogen-bond acceptors (Lipinski definition) is 1. The summed E-state index contributed by atoms with van der Waals surface area (Å²) < 4.78 is 0. The van der Waals surface area contributed by atoms with Gasteiger partial charge >= 0.3 is 0 Å². The van der Waals surface area contributed by atoms with E-state index in [0.29, 0.717) is 5.41 Å². The van der Waals surface area contributed by atoms with Crippen molar-refractivity contribution < 1.29 is 0 Å². The van der Waals surface area contributed by atoms with Crippen LogP contribution in [0.15, 0.2) is 12.1 Å². The van der Waals surface area contributed by atoms with Crippen LogP contribution in [0.1, 0.15) is 108 Å². The second-order valence-electron chi connectivity index (χ2n) is 6.87. The van der Waals surface area contributed by atoms with E-state index in [-0.39, 0.29) is 0 Å². The summed E-state index contributed by atoms with van der Waals surface area (Å²) in [5, 5.41) is 0. The molecule has 0 N–H and O–H groups in total. The molecule has 22 heavy (non-hydrogen) atoms. The number of unbranched alkanes of at least 4 members (excludes halogenated alkanes) is 6. The van der Waals surface area contributed by atoms with Crippen LogP contribution in [0.3, 0.4) is 0 Å². The fourth-order valence-corrected chi connectivity index (χ4v) is 4.90. The molecule has 0 saturated carbocycles. The predicted octanol–water partition coefficient (Wildman–Crippen LogP) is 7.90. The first-order valence-corrected chi connectivity index (χ1v) is 10.6. The highest BCUT2D eigenvalue weighted by Gasteiger charge is 2.29. The van der Waals surface area contributed by atoms with Crippen LogP contribution in [0.4, 0.5) is 0 Å². The topological polar surface area (TPSA) is 0 Å². The van der Waals surface area contributed by atoms with E-state index < -0.39 is 0 Å². The monoisotopic (exact) mass is 322 g/mol. The zero-order valence-electron chi connectivity index (χ0n) is 15.5. The molecule has 0 bridgehead atoms. The van der Waals surface area contributed by atoms with Crippen LogP contribution >= 0.6 is 11.3 Å². The van der Waals surface area contributed by atoms with Crippen molar-refractivity contribution in [3.8, 4) is 0 Å². The summed E-state index contributed by atoms with van der Waals surface area (Å²) in [6.07, 6.45) is 16.3. The Bertz CT molecular complexity index is 373. The number of aryl methyl sites for hydroxylation is 1. The van der Waals surface area contributed by atoms with E-state index in [1.807, 2.05) is 0 Å². The fourth-order valence-electron chi connectivity index (χ4n) is 3.49. The van der Waals surface area contributed by atoms with Gasteiger partial charge in [0.15, 0.2) is 0 Å². The number of hydrogen-bond donors (Lipinski definition) is 0. The van der Waals surface area contributed by atoms with Gasteiger partial charge < -0.3 is 0 Å². The maximum atomic E-state index is 2.45. The highest BCUT2D eigenvalue weighted by molar-refractivity contribution is 7.12. The molecule has 1 rings (SSSR count).